The number of ketones is 2. The fourth-order valence-electron chi connectivity index (χ4n) is 0.981. The van der Waals surface area contributed by atoms with Gasteiger partial charge in [-0.25, -0.2) is 0 Å². The second-order valence-electron chi connectivity index (χ2n) is 3.21. The summed E-state index contributed by atoms with van der Waals surface area (Å²) in [4.78, 5) is 25.6. The van der Waals surface area contributed by atoms with E-state index in [-0.39, 0.29) is 5.56 Å². The summed E-state index contributed by atoms with van der Waals surface area (Å²) in [6, 6.07) is 2.83. The van der Waals surface area contributed by atoms with Crippen LogP contribution in [0.15, 0.2) is 18.3 Å². The number of pyridine rings is 1. The zero-order valence-corrected chi connectivity index (χ0v) is 8.34. The molecule has 3 nitrogen and oxygen atoms in total. The molecule has 0 aliphatic rings. The van der Waals surface area contributed by atoms with Gasteiger partial charge in [-0.1, -0.05) is 0 Å². The lowest BCUT2D eigenvalue weighted by Gasteiger charge is -2.04. The van der Waals surface area contributed by atoms with Crippen LogP contribution in [0.1, 0.15) is 22.5 Å². The van der Waals surface area contributed by atoms with Gasteiger partial charge in [0.1, 0.15) is 0 Å². The van der Waals surface area contributed by atoms with Crippen molar-refractivity contribution in [1.29, 1.82) is 0 Å². The lowest BCUT2D eigenvalue weighted by Crippen LogP contribution is -2.25. The Labute approximate surface area is 89.3 Å². The fraction of sp³-hybridized carbons (Fsp3) is 0.300. The first-order valence-corrected chi connectivity index (χ1v) is 4.36. The summed E-state index contributed by atoms with van der Waals surface area (Å²) in [6.45, 7) is 1.68. The molecule has 0 fully saturated rings. The van der Waals surface area contributed by atoms with Crippen LogP contribution < -0.4 is 0 Å². The number of aryl methyl sites for hydroxylation is 1. The molecule has 0 aromatic carbocycles. The Morgan fingerprint density at radius 1 is 1.31 bits per heavy atom. The molecule has 1 aromatic heterocycles. The maximum absolute atomic E-state index is 11.9. The van der Waals surface area contributed by atoms with Crippen molar-refractivity contribution in [3.8, 4) is 0 Å². The molecule has 6 heteroatoms. The van der Waals surface area contributed by atoms with Gasteiger partial charge in [0.15, 0.2) is 5.78 Å². The van der Waals surface area contributed by atoms with E-state index >= 15 is 0 Å². The molecule has 0 unspecified atom stereocenters. The van der Waals surface area contributed by atoms with Crippen LogP contribution in [-0.4, -0.2) is 22.7 Å². The van der Waals surface area contributed by atoms with Gasteiger partial charge in [-0.3, -0.25) is 14.6 Å². The fourth-order valence-corrected chi connectivity index (χ4v) is 0.981. The number of halogens is 3. The Hall–Kier alpha value is -1.72. The second kappa shape index (κ2) is 4.42. The number of alkyl halides is 3. The highest BCUT2D eigenvalue weighted by molar-refractivity contribution is 6.09. The number of carbonyl (C=O) groups excluding carboxylic acids is 2. The van der Waals surface area contributed by atoms with Crippen molar-refractivity contribution in [2.75, 3.05) is 0 Å². The zero-order chi connectivity index (χ0) is 12.3. The molecule has 0 radical (unpaired) electrons. The van der Waals surface area contributed by atoms with Crippen LogP contribution >= 0.6 is 0 Å². The summed E-state index contributed by atoms with van der Waals surface area (Å²) in [5.41, 5.74) is 0.641. The van der Waals surface area contributed by atoms with Crippen LogP contribution in [-0.2, 0) is 4.79 Å². The van der Waals surface area contributed by atoms with Crippen LogP contribution in [0.25, 0.3) is 0 Å². The van der Waals surface area contributed by atoms with E-state index in [4.69, 9.17) is 0 Å². The van der Waals surface area contributed by atoms with Crippen molar-refractivity contribution in [2.45, 2.75) is 19.5 Å². The van der Waals surface area contributed by atoms with Crippen molar-refractivity contribution >= 4 is 11.6 Å². The highest BCUT2D eigenvalue weighted by Gasteiger charge is 2.39. The third-order valence-electron chi connectivity index (χ3n) is 1.87. The lowest BCUT2D eigenvalue weighted by atomic mass is 10.1. The van der Waals surface area contributed by atoms with Gasteiger partial charge in [0.05, 0.1) is 6.42 Å². The lowest BCUT2D eigenvalue weighted by molar-refractivity contribution is -0.170. The van der Waals surface area contributed by atoms with Crippen LogP contribution in [0.3, 0.4) is 0 Å². The monoisotopic (exact) mass is 231 g/mol. The van der Waals surface area contributed by atoms with Gasteiger partial charge < -0.3 is 0 Å². The molecule has 1 rings (SSSR count). The van der Waals surface area contributed by atoms with Crippen LogP contribution in [0.2, 0.25) is 0 Å². The first-order valence-electron chi connectivity index (χ1n) is 4.36. The summed E-state index contributed by atoms with van der Waals surface area (Å²) in [5.74, 6) is -2.92. The quantitative estimate of drug-likeness (QED) is 0.591. The first kappa shape index (κ1) is 12.4. The minimum atomic E-state index is -4.96. The van der Waals surface area contributed by atoms with Gasteiger partial charge in [0.25, 0.3) is 0 Å². The third-order valence-corrected chi connectivity index (χ3v) is 1.87. The molecule has 0 bridgehead atoms. The summed E-state index contributed by atoms with van der Waals surface area (Å²) in [5, 5.41) is 0. The van der Waals surface area contributed by atoms with Crippen molar-refractivity contribution in [3.05, 3.63) is 29.6 Å². The van der Waals surface area contributed by atoms with Gasteiger partial charge >= 0.3 is 6.18 Å². The number of rotatable bonds is 3. The molecule has 16 heavy (non-hydrogen) atoms. The number of aromatic nitrogens is 1. The third kappa shape index (κ3) is 3.15. The summed E-state index contributed by atoms with van der Waals surface area (Å²) in [6.07, 6.45) is -4.98. The number of hydrogen-bond donors (Lipinski definition) is 0. The molecule has 0 saturated heterocycles. The van der Waals surface area contributed by atoms with E-state index in [9.17, 15) is 22.8 Å². The molecule has 0 aliphatic carbocycles. The Morgan fingerprint density at radius 3 is 2.38 bits per heavy atom. The molecule has 0 saturated carbocycles. The number of Topliss-reactive ketones (excluding diaryl/α,β-unsaturated/α-hetero) is 2. The molecule has 0 spiro atoms. The maximum Gasteiger partial charge on any atom is 0.450 e. The average Bonchev–Trinajstić information content (AvgIpc) is 2.17. The van der Waals surface area contributed by atoms with Gasteiger partial charge in [-0.05, 0) is 19.1 Å². The van der Waals surface area contributed by atoms with Gasteiger partial charge in [-0.15, -0.1) is 0 Å². The van der Waals surface area contributed by atoms with Crippen LogP contribution in [0, 0.1) is 6.92 Å². The highest BCUT2D eigenvalue weighted by atomic mass is 19.4. The average molecular weight is 231 g/mol. The van der Waals surface area contributed by atoms with Crippen molar-refractivity contribution in [2.24, 2.45) is 0 Å². The largest absolute Gasteiger partial charge is 0.450 e. The SMILES string of the molecule is Cc1ccc(C(=O)CC(=O)C(F)(F)F)cn1. The van der Waals surface area contributed by atoms with Gasteiger partial charge in [-0.2, -0.15) is 13.2 Å². The standard InChI is InChI=1S/C10H8F3NO2/c1-6-2-3-7(5-14-6)8(15)4-9(16)10(11,12)13/h2-3,5H,4H2,1H3. The topological polar surface area (TPSA) is 47.0 Å². The predicted molar refractivity (Wildman–Crippen MR) is 49.0 cm³/mol. The molecule has 0 atom stereocenters. The van der Waals surface area contributed by atoms with Crippen LogP contribution in [0.4, 0.5) is 13.2 Å². The number of hydrogen-bond acceptors (Lipinski definition) is 3. The molecule has 1 aromatic rings. The molecular formula is C10H8F3NO2. The number of carbonyl (C=O) groups is 2. The second-order valence-corrected chi connectivity index (χ2v) is 3.21. The van der Waals surface area contributed by atoms with E-state index in [1.807, 2.05) is 0 Å². The van der Waals surface area contributed by atoms with Gasteiger partial charge in [0.2, 0.25) is 5.78 Å². The van der Waals surface area contributed by atoms with Crippen molar-refractivity contribution < 1.29 is 22.8 Å². The Bertz CT molecular complexity index is 409. The molecule has 86 valence electrons. The minimum Gasteiger partial charge on any atom is -0.294 e. The van der Waals surface area contributed by atoms with E-state index in [0.29, 0.717) is 5.69 Å². The van der Waals surface area contributed by atoms with E-state index in [0.717, 1.165) is 6.20 Å². The van der Waals surface area contributed by atoms with Gasteiger partial charge in [0, 0.05) is 17.5 Å². The summed E-state index contributed by atoms with van der Waals surface area (Å²) in [7, 11) is 0. The summed E-state index contributed by atoms with van der Waals surface area (Å²) < 4.78 is 35.6. The Balaban J connectivity index is 2.74. The Kier molecular flexibility index (Phi) is 3.41. The van der Waals surface area contributed by atoms with Crippen LogP contribution in [0.5, 0.6) is 0 Å². The molecule has 0 N–H and O–H groups in total. The number of nitrogens with zero attached hydrogens (tertiary/aromatic N) is 1. The van der Waals surface area contributed by atoms with Crippen molar-refractivity contribution in [1.82, 2.24) is 4.98 Å². The summed E-state index contributed by atoms with van der Waals surface area (Å²) >= 11 is 0. The zero-order valence-electron chi connectivity index (χ0n) is 8.34. The first-order chi connectivity index (χ1) is 7.30. The van der Waals surface area contributed by atoms with E-state index in [2.05, 4.69) is 4.98 Å². The normalized spacial score (nSPS) is 11.2. The Morgan fingerprint density at radius 2 is 1.94 bits per heavy atom. The van der Waals surface area contributed by atoms with E-state index in [1.54, 1.807) is 6.92 Å². The smallest absolute Gasteiger partial charge is 0.294 e. The van der Waals surface area contributed by atoms with Crippen molar-refractivity contribution in [3.63, 3.8) is 0 Å². The predicted octanol–water partition coefficient (Wildman–Crippen LogP) is 2.09. The highest BCUT2D eigenvalue weighted by Crippen LogP contribution is 2.19. The molecule has 1 heterocycles. The van der Waals surface area contributed by atoms with E-state index in [1.165, 1.54) is 12.1 Å². The molecule has 0 aliphatic heterocycles. The molecular weight excluding hydrogens is 223 g/mol. The van der Waals surface area contributed by atoms with E-state index < -0.39 is 24.2 Å². The maximum atomic E-state index is 11.9. The minimum absolute atomic E-state index is 0.00296. The molecule has 0 amide bonds.